The van der Waals surface area contributed by atoms with E-state index in [1.165, 1.54) is 13.3 Å². The number of nitrogens with zero attached hydrogens (tertiary/aromatic N) is 1. The van der Waals surface area contributed by atoms with Crippen molar-refractivity contribution in [3.8, 4) is 5.75 Å². The van der Waals surface area contributed by atoms with Gasteiger partial charge < -0.3 is 14.8 Å². The molecule has 1 aliphatic rings. The Morgan fingerprint density at radius 1 is 1.71 bits per heavy atom. The Morgan fingerprint density at radius 3 is 3.36 bits per heavy atom. The Balaban J connectivity index is 2.33. The minimum Gasteiger partial charge on any atom is -0.488 e. The number of esters is 1. The van der Waals surface area contributed by atoms with Crippen molar-refractivity contribution in [2.45, 2.75) is 0 Å². The zero-order valence-electron chi connectivity index (χ0n) is 7.74. The van der Waals surface area contributed by atoms with Gasteiger partial charge in [-0.3, -0.25) is 0 Å². The molecule has 0 fully saturated rings. The lowest BCUT2D eigenvalue weighted by Crippen LogP contribution is -2.19. The maximum Gasteiger partial charge on any atom is 0.339 e. The minimum atomic E-state index is -0.408. The van der Waals surface area contributed by atoms with Gasteiger partial charge in [0.25, 0.3) is 0 Å². The molecule has 0 amide bonds. The number of rotatable bonds is 1. The largest absolute Gasteiger partial charge is 0.488 e. The molecule has 1 aromatic heterocycles. The highest BCUT2D eigenvalue weighted by molar-refractivity contribution is 5.90. The fourth-order valence-electron chi connectivity index (χ4n) is 1.25. The van der Waals surface area contributed by atoms with E-state index in [-0.39, 0.29) is 0 Å². The van der Waals surface area contributed by atoms with E-state index in [9.17, 15) is 4.79 Å². The third-order valence-electron chi connectivity index (χ3n) is 1.93. The van der Waals surface area contributed by atoms with E-state index in [2.05, 4.69) is 15.0 Å². The summed E-state index contributed by atoms with van der Waals surface area (Å²) in [6.07, 6.45) is 1.46. The Bertz CT molecular complexity index is 365. The van der Waals surface area contributed by atoms with Crippen LogP contribution in [0.25, 0.3) is 0 Å². The van der Waals surface area contributed by atoms with Crippen molar-refractivity contribution >= 4 is 11.8 Å². The average molecular weight is 194 g/mol. The molecule has 0 aromatic carbocycles. The van der Waals surface area contributed by atoms with Crippen molar-refractivity contribution in [1.82, 2.24) is 4.98 Å². The molecule has 1 aromatic rings. The van der Waals surface area contributed by atoms with E-state index in [4.69, 9.17) is 4.74 Å². The van der Waals surface area contributed by atoms with Gasteiger partial charge in [-0.25, -0.2) is 9.78 Å². The number of ether oxygens (including phenoxy) is 2. The van der Waals surface area contributed by atoms with Gasteiger partial charge in [-0.2, -0.15) is 0 Å². The van der Waals surface area contributed by atoms with Crippen LogP contribution in [0.2, 0.25) is 0 Å². The number of anilines is 1. The third kappa shape index (κ3) is 1.48. The maximum absolute atomic E-state index is 11.2. The van der Waals surface area contributed by atoms with Crippen LogP contribution >= 0.6 is 0 Å². The lowest BCUT2D eigenvalue weighted by molar-refractivity contribution is 0.0599. The zero-order chi connectivity index (χ0) is 9.97. The van der Waals surface area contributed by atoms with Crippen molar-refractivity contribution in [3.05, 3.63) is 17.8 Å². The highest BCUT2D eigenvalue weighted by atomic mass is 16.5. The zero-order valence-corrected chi connectivity index (χ0v) is 7.74. The van der Waals surface area contributed by atoms with E-state index < -0.39 is 5.97 Å². The van der Waals surface area contributed by atoms with Crippen LogP contribution in [-0.2, 0) is 4.74 Å². The number of hydrogen-bond acceptors (Lipinski definition) is 5. The third-order valence-corrected chi connectivity index (χ3v) is 1.93. The molecular weight excluding hydrogens is 184 g/mol. The maximum atomic E-state index is 11.2. The number of methoxy groups -OCH3 is 1. The minimum absolute atomic E-state index is 0.398. The van der Waals surface area contributed by atoms with E-state index in [1.54, 1.807) is 6.07 Å². The van der Waals surface area contributed by atoms with Crippen LogP contribution in [0.3, 0.4) is 0 Å². The first-order valence-corrected chi connectivity index (χ1v) is 4.26. The summed E-state index contributed by atoms with van der Waals surface area (Å²) in [5, 5.41) is 3.06. The first-order valence-electron chi connectivity index (χ1n) is 4.26. The van der Waals surface area contributed by atoms with Crippen LogP contribution in [0.4, 0.5) is 5.82 Å². The molecule has 0 atom stereocenters. The summed E-state index contributed by atoms with van der Waals surface area (Å²) in [4.78, 5) is 15.2. The molecule has 1 aliphatic heterocycles. The number of carbonyl (C=O) groups is 1. The van der Waals surface area contributed by atoms with Crippen molar-refractivity contribution < 1.29 is 14.3 Å². The standard InChI is InChI=1S/C9H10N2O3/c1-13-9(12)6-4-7-8(11-5-6)10-2-3-14-7/h4-5H,2-3H2,1H3,(H,10,11). The molecule has 2 rings (SSSR count). The van der Waals surface area contributed by atoms with Crippen molar-refractivity contribution in [1.29, 1.82) is 0 Å². The quantitative estimate of drug-likeness (QED) is 0.666. The Labute approximate surface area is 81.0 Å². The predicted octanol–water partition coefficient (Wildman–Crippen LogP) is 0.672. The normalized spacial score (nSPS) is 13.5. The lowest BCUT2D eigenvalue weighted by Gasteiger charge is -2.17. The van der Waals surface area contributed by atoms with Gasteiger partial charge >= 0.3 is 5.97 Å². The van der Waals surface area contributed by atoms with Gasteiger partial charge in [0, 0.05) is 12.3 Å². The summed E-state index contributed by atoms with van der Waals surface area (Å²) in [5.41, 5.74) is 0.398. The van der Waals surface area contributed by atoms with Gasteiger partial charge in [-0.05, 0) is 0 Å². The molecule has 2 heterocycles. The molecule has 0 saturated carbocycles. The summed E-state index contributed by atoms with van der Waals surface area (Å²) in [6.45, 7) is 1.32. The number of fused-ring (bicyclic) bond motifs is 1. The Kier molecular flexibility index (Phi) is 2.22. The highest BCUT2D eigenvalue weighted by Crippen LogP contribution is 2.25. The van der Waals surface area contributed by atoms with Gasteiger partial charge in [-0.15, -0.1) is 0 Å². The summed E-state index contributed by atoms with van der Waals surface area (Å²) in [5.74, 6) is 0.859. The lowest BCUT2D eigenvalue weighted by atomic mass is 10.2. The number of aromatic nitrogens is 1. The number of nitrogens with one attached hydrogen (secondary N) is 1. The molecule has 5 heteroatoms. The molecule has 0 bridgehead atoms. The van der Waals surface area contributed by atoms with E-state index in [1.807, 2.05) is 0 Å². The second-order valence-corrected chi connectivity index (χ2v) is 2.84. The average Bonchev–Trinajstić information content (AvgIpc) is 2.27. The highest BCUT2D eigenvalue weighted by Gasteiger charge is 2.14. The van der Waals surface area contributed by atoms with Crippen molar-refractivity contribution in [3.63, 3.8) is 0 Å². The number of hydrogen-bond donors (Lipinski definition) is 1. The molecule has 1 N–H and O–H groups in total. The SMILES string of the molecule is COC(=O)c1cnc2c(c1)OCCN2. The molecule has 5 nitrogen and oxygen atoms in total. The number of pyridine rings is 1. The second-order valence-electron chi connectivity index (χ2n) is 2.84. The van der Waals surface area contributed by atoms with E-state index in [0.717, 1.165) is 6.54 Å². The summed E-state index contributed by atoms with van der Waals surface area (Å²) < 4.78 is 9.90. The van der Waals surface area contributed by atoms with Gasteiger partial charge in [0.05, 0.1) is 19.2 Å². The van der Waals surface area contributed by atoms with Gasteiger partial charge in [0.1, 0.15) is 6.61 Å². The molecule has 0 spiro atoms. The van der Waals surface area contributed by atoms with Crippen LogP contribution in [0.5, 0.6) is 5.75 Å². The van der Waals surface area contributed by atoms with Gasteiger partial charge in [0.15, 0.2) is 11.6 Å². The summed E-state index contributed by atoms with van der Waals surface area (Å²) in [6, 6.07) is 1.63. The van der Waals surface area contributed by atoms with Gasteiger partial charge in [0.2, 0.25) is 0 Å². The smallest absolute Gasteiger partial charge is 0.339 e. The van der Waals surface area contributed by atoms with Crippen LogP contribution in [0, 0.1) is 0 Å². The first kappa shape index (κ1) is 8.80. The van der Waals surface area contributed by atoms with Gasteiger partial charge in [-0.1, -0.05) is 0 Å². The summed E-state index contributed by atoms with van der Waals surface area (Å²) >= 11 is 0. The molecule has 74 valence electrons. The topological polar surface area (TPSA) is 60.5 Å². The monoisotopic (exact) mass is 194 g/mol. The first-order chi connectivity index (χ1) is 6.81. The Morgan fingerprint density at radius 2 is 2.57 bits per heavy atom. The van der Waals surface area contributed by atoms with Crippen LogP contribution in [0.1, 0.15) is 10.4 Å². The van der Waals surface area contributed by atoms with Crippen LogP contribution in [0.15, 0.2) is 12.3 Å². The molecule has 0 unspecified atom stereocenters. The fraction of sp³-hybridized carbons (Fsp3) is 0.333. The van der Waals surface area contributed by atoms with Crippen LogP contribution < -0.4 is 10.1 Å². The number of carbonyl (C=O) groups excluding carboxylic acids is 1. The molecule has 0 saturated heterocycles. The van der Waals surface area contributed by atoms with E-state index >= 15 is 0 Å². The fourth-order valence-corrected chi connectivity index (χ4v) is 1.25. The predicted molar refractivity (Wildman–Crippen MR) is 49.6 cm³/mol. The van der Waals surface area contributed by atoms with Crippen molar-refractivity contribution in [2.24, 2.45) is 0 Å². The molecular formula is C9H10N2O3. The van der Waals surface area contributed by atoms with E-state index in [0.29, 0.717) is 23.7 Å². The molecule has 0 radical (unpaired) electrons. The second kappa shape index (κ2) is 3.53. The molecule has 14 heavy (non-hydrogen) atoms. The Hall–Kier alpha value is -1.78. The molecule has 0 aliphatic carbocycles. The van der Waals surface area contributed by atoms with Crippen LogP contribution in [-0.4, -0.2) is 31.2 Å². The van der Waals surface area contributed by atoms with Crippen molar-refractivity contribution in [2.75, 3.05) is 25.6 Å². The summed E-state index contributed by atoms with van der Waals surface area (Å²) in [7, 11) is 1.33.